The first-order chi connectivity index (χ1) is 9.10. The Morgan fingerprint density at radius 1 is 1.53 bits per heavy atom. The Morgan fingerprint density at radius 3 is 2.84 bits per heavy atom. The fourth-order valence-electron chi connectivity index (χ4n) is 1.85. The number of benzene rings is 1. The number of hydrogen-bond donors (Lipinski definition) is 1. The molecule has 0 radical (unpaired) electrons. The first kappa shape index (κ1) is 13.2. The molecule has 1 aromatic rings. The summed E-state index contributed by atoms with van der Waals surface area (Å²) in [5, 5.41) is 8.71. The molecular formula is C14H16N2O3. The van der Waals surface area contributed by atoms with Gasteiger partial charge in [-0.2, -0.15) is 5.26 Å². The van der Waals surface area contributed by atoms with Crippen LogP contribution in [0, 0.1) is 16.7 Å². The van der Waals surface area contributed by atoms with Gasteiger partial charge in [-0.3, -0.25) is 0 Å². The zero-order valence-electron chi connectivity index (χ0n) is 10.8. The minimum atomic E-state index is -0.472. The lowest BCUT2D eigenvalue weighted by Gasteiger charge is -2.13. The summed E-state index contributed by atoms with van der Waals surface area (Å²) >= 11 is 0. The summed E-state index contributed by atoms with van der Waals surface area (Å²) < 4.78 is 10.3. The van der Waals surface area contributed by atoms with Crippen LogP contribution >= 0.6 is 0 Å². The summed E-state index contributed by atoms with van der Waals surface area (Å²) in [5.74, 6) is 0.0833. The summed E-state index contributed by atoms with van der Waals surface area (Å²) in [6, 6.07) is 6.98. The van der Waals surface area contributed by atoms with Crippen LogP contribution < -0.4 is 10.5 Å². The first-order valence-electron chi connectivity index (χ1n) is 6.08. The molecule has 0 amide bonds. The van der Waals surface area contributed by atoms with Gasteiger partial charge >= 0.3 is 5.97 Å². The Morgan fingerprint density at radius 2 is 2.26 bits per heavy atom. The van der Waals surface area contributed by atoms with Crippen LogP contribution in [0.4, 0.5) is 5.69 Å². The van der Waals surface area contributed by atoms with Crippen molar-refractivity contribution in [3.63, 3.8) is 0 Å². The highest BCUT2D eigenvalue weighted by molar-refractivity contribution is 5.95. The molecule has 5 nitrogen and oxygen atoms in total. The molecule has 0 aromatic heterocycles. The van der Waals surface area contributed by atoms with Gasteiger partial charge in [0.15, 0.2) is 0 Å². The van der Waals surface area contributed by atoms with Crippen molar-refractivity contribution < 1.29 is 14.3 Å². The molecule has 5 heteroatoms. The van der Waals surface area contributed by atoms with Crippen molar-refractivity contribution >= 4 is 11.7 Å². The van der Waals surface area contributed by atoms with E-state index in [9.17, 15) is 4.79 Å². The summed E-state index contributed by atoms with van der Waals surface area (Å²) in [5.41, 5.74) is 6.28. The number of anilines is 1. The molecule has 0 atom stereocenters. The third-order valence-electron chi connectivity index (χ3n) is 3.40. The summed E-state index contributed by atoms with van der Waals surface area (Å²) in [6.07, 6.45) is 2.29. The average Bonchev–Trinajstić information content (AvgIpc) is 3.17. The second-order valence-electron chi connectivity index (χ2n) is 4.86. The molecule has 1 aliphatic carbocycles. The van der Waals surface area contributed by atoms with Gasteiger partial charge in [0, 0.05) is 17.5 Å². The number of hydrogen-bond acceptors (Lipinski definition) is 5. The van der Waals surface area contributed by atoms with Crippen LogP contribution in [0.1, 0.15) is 29.6 Å². The smallest absolute Gasteiger partial charge is 0.340 e. The van der Waals surface area contributed by atoms with Gasteiger partial charge in [0.2, 0.25) is 0 Å². The summed E-state index contributed by atoms with van der Waals surface area (Å²) in [7, 11) is 1.52. The van der Waals surface area contributed by atoms with E-state index in [2.05, 4.69) is 6.07 Å². The SMILES string of the molecule is COc1ccc(N)c(C(=O)OCC2(CC#N)CC2)c1. The fourth-order valence-corrected chi connectivity index (χ4v) is 1.85. The third-order valence-corrected chi connectivity index (χ3v) is 3.40. The van der Waals surface area contributed by atoms with Crippen molar-refractivity contribution in [3.05, 3.63) is 23.8 Å². The number of nitrogen functional groups attached to an aromatic ring is 1. The van der Waals surface area contributed by atoms with E-state index in [0.29, 0.717) is 23.4 Å². The van der Waals surface area contributed by atoms with Crippen LogP contribution in [0.3, 0.4) is 0 Å². The molecule has 1 fully saturated rings. The van der Waals surface area contributed by atoms with Gasteiger partial charge in [-0.25, -0.2) is 4.79 Å². The quantitative estimate of drug-likeness (QED) is 0.647. The number of nitrogens with two attached hydrogens (primary N) is 1. The number of nitriles is 1. The zero-order valence-corrected chi connectivity index (χ0v) is 10.8. The van der Waals surface area contributed by atoms with Crippen molar-refractivity contribution in [3.8, 4) is 11.8 Å². The topological polar surface area (TPSA) is 85.3 Å². The molecule has 0 bridgehead atoms. The number of ether oxygens (including phenoxy) is 2. The molecule has 0 heterocycles. The van der Waals surface area contributed by atoms with E-state index in [1.54, 1.807) is 18.2 Å². The molecule has 1 aliphatic rings. The predicted molar refractivity (Wildman–Crippen MR) is 69.6 cm³/mol. The van der Waals surface area contributed by atoms with Crippen LogP contribution in [-0.2, 0) is 4.74 Å². The monoisotopic (exact) mass is 260 g/mol. The highest BCUT2D eigenvalue weighted by Gasteiger charge is 2.43. The number of rotatable bonds is 5. The van der Waals surface area contributed by atoms with Crippen molar-refractivity contribution in [1.82, 2.24) is 0 Å². The van der Waals surface area contributed by atoms with Gasteiger partial charge in [0.1, 0.15) is 5.75 Å². The van der Waals surface area contributed by atoms with E-state index in [4.69, 9.17) is 20.5 Å². The maximum absolute atomic E-state index is 12.0. The van der Waals surface area contributed by atoms with Crippen molar-refractivity contribution in [2.75, 3.05) is 19.5 Å². The molecular weight excluding hydrogens is 244 g/mol. The maximum Gasteiger partial charge on any atom is 0.340 e. The minimum absolute atomic E-state index is 0.127. The third kappa shape index (κ3) is 2.97. The van der Waals surface area contributed by atoms with Gasteiger partial charge in [-0.15, -0.1) is 0 Å². The van der Waals surface area contributed by atoms with Crippen LogP contribution in [-0.4, -0.2) is 19.7 Å². The largest absolute Gasteiger partial charge is 0.497 e. The van der Waals surface area contributed by atoms with E-state index in [0.717, 1.165) is 12.8 Å². The summed E-state index contributed by atoms with van der Waals surface area (Å²) in [6.45, 7) is 0.274. The first-order valence-corrected chi connectivity index (χ1v) is 6.08. The number of carbonyl (C=O) groups is 1. The molecule has 100 valence electrons. The van der Waals surface area contributed by atoms with Crippen LogP contribution in [0.5, 0.6) is 5.75 Å². The molecule has 1 aromatic carbocycles. The van der Waals surface area contributed by atoms with E-state index in [1.807, 2.05) is 0 Å². The van der Waals surface area contributed by atoms with E-state index in [1.165, 1.54) is 7.11 Å². The molecule has 0 saturated heterocycles. The number of nitrogens with zero attached hydrogens (tertiary/aromatic N) is 1. The lowest BCUT2D eigenvalue weighted by Crippen LogP contribution is -2.16. The second kappa shape index (κ2) is 5.19. The van der Waals surface area contributed by atoms with Gasteiger partial charge in [0.05, 0.1) is 25.3 Å². The molecule has 2 rings (SSSR count). The van der Waals surface area contributed by atoms with Crippen molar-refractivity contribution in [2.45, 2.75) is 19.3 Å². The fraction of sp³-hybridized carbons (Fsp3) is 0.429. The van der Waals surface area contributed by atoms with Crippen LogP contribution in [0.25, 0.3) is 0 Å². The Bertz CT molecular complexity index is 530. The van der Waals surface area contributed by atoms with Gasteiger partial charge in [0.25, 0.3) is 0 Å². The normalized spacial score (nSPS) is 15.4. The standard InChI is InChI=1S/C14H16N2O3/c1-18-10-2-3-12(16)11(8-10)13(17)19-9-14(4-5-14)6-7-15/h2-3,8H,4-6,9,16H2,1H3. The van der Waals surface area contributed by atoms with Crippen LogP contribution in [0.15, 0.2) is 18.2 Å². The molecule has 2 N–H and O–H groups in total. The van der Waals surface area contributed by atoms with Crippen molar-refractivity contribution in [1.29, 1.82) is 5.26 Å². The molecule has 0 aliphatic heterocycles. The van der Waals surface area contributed by atoms with Gasteiger partial charge in [-0.1, -0.05) is 0 Å². The number of esters is 1. The van der Waals surface area contributed by atoms with E-state index < -0.39 is 5.97 Å². The molecule has 19 heavy (non-hydrogen) atoms. The summed E-state index contributed by atoms with van der Waals surface area (Å²) in [4.78, 5) is 12.0. The maximum atomic E-state index is 12.0. The Labute approximate surface area is 111 Å². The van der Waals surface area contributed by atoms with Crippen LogP contribution in [0.2, 0.25) is 0 Å². The molecule has 1 saturated carbocycles. The number of methoxy groups -OCH3 is 1. The zero-order chi connectivity index (χ0) is 13.9. The lowest BCUT2D eigenvalue weighted by atomic mass is 10.1. The Balaban J connectivity index is 2.02. The van der Waals surface area contributed by atoms with Crippen molar-refractivity contribution in [2.24, 2.45) is 5.41 Å². The predicted octanol–water partition coefficient (Wildman–Crippen LogP) is 2.13. The van der Waals surface area contributed by atoms with E-state index >= 15 is 0 Å². The number of carbonyl (C=O) groups excluding carboxylic acids is 1. The highest BCUT2D eigenvalue weighted by atomic mass is 16.5. The second-order valence-corrected chi connectivity index (χ2v) is 4.86. The lowest BCUT2D eigenvalue weighted by molar-refractivity contribution is 0.0420. The molecule has 0 unspecified atom stereocenters. The van der Waals surface area contributed by atoms with Gasteiger partial charge < -0.3 is 15.2 Å². The molecule has 0 spiro atoms. The van der Waals surface area contributed by atoms with E-state index in [-0.39, 0.29) is 12.0 Å². The minimum Gasteiger partial charge on any atom is -0.497 e. The Kier molecular flexibility index (Phi) is 3.61. The van der Waals surface area contributed by atoms with Gasteiger partial charge in [-0.05, 0) is 31.0 Å². The average molecular weight is 260 g/mol. The highest BCUT2D eigenvalue weighted by Crippen LogP contribution is 2.48. The Hall–Kier alpha value is -2.22.